The molecule has 4 heterocycles. The number of fused-ring (bicyclic) bond motifs is 3. The standard InChI is InChI=1S/C15H8O7/c16-10(17)2-5-1-9-12-8-3-7(15(20)21-9)6(13(12)19)4-11(18)22-14(5)8/h1,3,19H,2,4H2,(H,16,17). The summed E-state index contributed by atoms with van der Waals surface area (Å²) in [5, 5.41) is 19.9. The van der Waals surface area contributed by atoms with E-state index >= 15 is 0 Å². The molecule has 2 aromatic carbocycles. The molecule has 6 rings (SSSR count). The first-order valence-electron chi connectivity index (χ1n) is 6.44. The lowest BCUT2D eigenvalue weighted by atomic mass is 9.94. The van der Waals surface area contributed by atoms with Gasteiger partial charge in [0, 0.05) is 16.5 Å². The fourth-order valence-corrected chi connectivity index (χ4v) is 2.91. The van der Waals surface area contributed by atoms with Gasteiger partial charge in [-0.25, -0.2) is 4.79 Å². The highest BCUT2D eigenvalue weighted by Crippen LogP contribution is 2.48. The number of carbonyl (C=O) groups is 3. The Hall–Kier alpha value is -3.09. The van der Waals surface area contributed by atoms with E-state index in [-0.39, 0.29) is 45.7 Å². The van der Waals surface area contributed by atoms with Gasteiger partial charge in [-0.2, -0.15) is 0 Å². The minimum absolute atomic E-state index is 0.0484. The number of aliphatic carboxylic acids is 1. The van der Waals surface area contributed by atoms with E-state index in [4.69, 9.17) is 14.6 Å². The maximum atomic E-state index is 12.1. The van der Waals surface area contributed by atoms with Crippen LogP contribution < -0.4 is 9.47 Å². The topological polar surface area (TPSA) is 110 Å². The number of ether oxygens (including phenoxy) is 2. The summed E-state index contributed by atoms with van der Waals surface area (Å²) in [6.07, 6.45) is -0.693. The van der Waals surface area contributed by atoms with Crippen molar-refractivity contribution in [2.24, 2.45) is 0 Å². The highest BCUT2D eigenvalue weighted by molar-refractivity contribution is 6.12. The molecule has 6 bridgehead atoms. The molecule has 110 valence electrons. The van der Waals surface area contributed by atoms with Gasteiger partial charge in [-0.1, -0.05) is 0 Å². The maximum absolute atomic E-state index is 12.1. The second-order valence-corrected chi connectivity index (χ2v) is 5.15. The van der Waals surface area contributed by atoms with Gasteiger partial charge in [0.15, 0.2) is 0 Å². The fourth-order valence-electron chi connectivity index (χ4n) is 2.91. The molecule has 0 saturated heterocycles. The Labute approximate surface area is 122 Å². The average Bonchev–Trinajstić information content (AvgIpc) is 2.58. The number of phenolic OH excluding ortho intramolecular Hbond substituents is 1. The molecule has 0 aromatic heterocycles. The Kier molecular flexibility index (Phi) is 2.28. The van der Waals surface area contributed by atoms with Crippen molar-refractivity contribution in [2.75, 3.05) is 0 Å². The second-order valence-electron chi connectivity index (χ2n) is 5.15. The molecule has 7 heteroatoms. The highest BCUT2D eigenvalue weighted by atomic mass is 16.5. The molecular weight excluding hydrogens is 292 g/mol. The van der Waals surface area contributed by atoms with Crippen molar-refractivity contribution >= 4 is 28.7 Å². The molecule has 0 unspecified atom stereocenters. The minimum Gasteiger partial charge on any atom is -0.507 e. The predicted octanol–water partition coefficient (Wildman–Crippen LogP) is 1.17. The molecule has 0 radical (unpaired) electrons. The van der Waals surface area contributed by atoms with Crippen molar-refractivity contribution in [3.05, 3.63) is 28.8 Å². The summed E-state index contributed by atoms with van der Waals surface area (Å²) in [6.45, 7) is 0. The molecule has 2 N–H and O–H groups in total. The number of benzene rings is 2. The van der Waals surface area contributed by atoms with Gasteiger partial charge >= 0.3 is 17.9 Å². The first-order chi connectivity index (χ1) is 10.5. The van der Waals surface area contributed by atoms with Gasteiger partial charge in [0.2, 0.25) is 0 Å². The van der Waals surface area contributed by atoms with E-state index in [9.17, 15) is 19.5 Å². The van der Waals surface area contributed by atoms with Gasteiger partial charge in [-0.3, -0.25) is 9.59 Å². The van der Waals surface area contributed by atoms with Crippen LogP contribution in [0.15, 0.2) is 12.1 Å². The molecule has 7 nitrogen and oxygen atoms in total. The number of aromatic hydroxyl groups is 1. The Bertz CT molecular complexity index is 910. The molecule has 4 aliphatic heterocycles. The Morgan fingerprint density at radius 2 is 2.00 bits per heavy atom. The quantitative estimate of drug-likeness (QED) is 0.632. The van der Waals surface area contributed by atoms with Crippen molar-refractivity contribution in [3.63, 3.8) is 0 Å². The summed E-state index contributed by atoms with van der Waals surface area (Å²) in [7, 11) is 0. The molecule has 2 aromatic rings. The lowest BCUT2D eigenvalue weighted by Gasteiger charge is -2.18. The van der Waals surface area contributed by atoms with Crippen LogP contribution in [0, 0.1) is 0 Å². The van der Waals surface area contributed by atoms with E-state index in [0.29, 0.717) is 5.39 Å². The van der Waals surface area contributed by atoms with Gasteiger partial charge in [-0.05, 0) is 12.1 Å². The van der Waals surface area contributed by atoms with Crippen molar-refractivity contribution in [1.29, 1.82) is 0 Å². The number of carbonyl (C=O) groups excluding carboxylic acids is 2. The Balaban J connectivity index is 2.19. The first-order valence-corrected chi connectivity index (χ1v) is 6.44. The highest BCUT2D eigenvalue weighted by Gasteiger charge is 2.34. The molecule has 0 atom stereocenters. The number of hydrogen-bond donors (Lipinski definition) is 2. The first kappa shape index (κ1) is 12.6. The van der Waals surface area contributed by atoms with Gasteiger partial charge in [-0.15, -0.1) is 0 Å². The molecule has 0 amide bonds. The monoisotopic (exact) mass is 300 g/mol. The predicted molar refractivity (Wildman–Crippen MR) is 71.3 cm³/mol. The van der Waals surface area contributed by atoms with Crippen LogP contribution in [0.2, 0.25) is 0 Å². The van der Waals surface area contributed by atoms with E-state index < -0.39 is 24.3 Å². The van der Waals surface area contributed by atoms with Crippen LogP contribution in [0.25, 0.3) is 10.8 Å². The molecule has 4 aliphatic rings. The van der Waals surface area contributed by atoms with Crippen LogP contribution >= 0.6 is 0 Å². The third-order valence-corrected chi connectivity index (χ3v) is 3.80. The van der Waals surface area contributed by atoms with Crippen molar-refractivity contribution < 1.29 is 34.1 Å². The van der Waals surface area contributed by atoms with Crippen LogP contribution in [-0.4, -0.2) is 28.1 Å². The lowest BCUT2D eigenvalue weighted by molar-refractivity contribution is -0.137. The smallest absolute Gasteiger partial charge is 0.344 e. The summed E-state index contributed by atoms with van der Waals surface area (Å²) in [6, 6.07) is 2.78. The molecule has 0 saturated carbocycles. The zero-order valence-electron chi connectivity index (χ0n) is 11.0. The van der Waals surface area contributed by atoms with Gasteiger partial charge in [0.1, 0.15) is 17.2 Å². The van der Waals surface area contributed by atoms with Crippen LogP contribution in [0.4, 0.5) is 0 Å². The lowest BCUT2D eigenvalue weighted by Crippen LogP contribution is -2.18. The molecule has 0 aliphatic carbocycles. The van der Waals surface area contributed by atoms with Crippen LogP contribution in [0.3, 0.4) is 0 Å². The number of carboxylic acids is 1. The normalized spacial score (nSPS) is 14.9. The number of phenols is 1. The SMILES string of the molecule is O=C(O)Cc1cc2c3c(O)c4c(cc3c1OC(=O)C4)C(=O)O2. The fraction of sp³-hybridized carbons (Fsp3) is 0.133. The van der Waals surface area contributed by atoms with Crippen LogP contribution in [0.5, 0.6) is 17.2 Å². The molecule has 0 spiro atoms. The Morgan fingerprint density at radius 1 is 1.23 bits per heavy atom. The molecule has 22 heavy (non-hydrogen) atoms. The Morgan fingerprint density at radius 3 is 2.73 bits per heavy atom. The van der Waals surface area contributed by atoms with Crippen LogP contribution in [-0.2, 0) is 22.4 Å². The van der Waals surface area contributed by atoms with Gasteiger partial charge < -0.3 is 19.7 Å². The minimum atomic E-state index is -1.12. The summed E-state index contributed by atoms with van der Waals surface area (Å²) in [5.41, 5.74) is 0.460. The summed E-state index contributed by atoms with van der Waals surface area (Å²) >= 11 is 0. The number of rotatable bonds is 2. The van der Waals surface area contributed by atoms with E-state index in [1.54, 1.807) is 0 Å². The van der Waals surface area contributed by atoms with Crippen molar-refractivity contribution in [2.45, 2.75) is 12.8 Å². The number of esters is 2. The third-order valence-electron chi connectivity index (χ3n) is 3.80. The molecule has 0 fully saturated rings. The number of carboxylic acid groups (broad SMARTS) is 1. The third kappa shape index (κ3) is 1.53. The van der Waals surface area contributed by atoms with E-state index in [0.717, 1.165) is 0 Å². The summed E-state index contributed by atoms with van der Waals surface area (Å²) < 4.78 is 10.4. The largest absolute Gasteiger partial charge is 0.507 e. The van der Waals surface area contributed by atoms with Crippen molar-refractivity contribution in [3.8, 4) is 17.2 Å². The van der Waals surface area contributed by atoms with E-state index in [1.165, 1.54) is 12.1 Å². The molecular formula is C15H8O7. The summed E-state index contributed by atoms with van der Waals surface area (Å²) in [5.74, 6) is -2.57. The van der Waals surface area contributed by atoms with Gasteiger partial charge in [0.05, 0.1) is 23.8 Å². The van der Waals surface area contributed by atoms with E-state index in [2.05, 4.69) is 0 Å². The van der Waals surface area contributed by atoms with Crippen LogP contribution in [0.1, 0.15) is 21.5 Å². The summed E-state index contributed by atoms with van der Waals surface area (Å²) in [4.78, 5) is 35.0. The zero-order valence-corrected chi connectivity index (χ0v) is 11.0. The van der Waals surface area contributed by atoms with Crippen molar-refractivity contribution in [1.82, 2.24) is 0 Å². The second kappa shape index (κ2) is 3.97. The average molecular weight is 300 g/mol. The number of hydrogen-bond acceptors (Lipinski definition) is 6. The maximum Gasteiger partial charge on any atom is 0.344 e. The van der Waals surface area contributed by atoms with Gasteiger partial charge in [0.25, 0.3) is 0 Å². The zero-order chi connectivity index (χ0) is 15.6. The van der Waals surface area contributed by atoms with E-state index in [1.807, 2.05) is 0 Å².